The lowest BCUT2D eigenvalue weighted by Gasteiger charge is -2.09. The van der Waals surface area contributed by atoms with Gasteiger partial charge in [0.2, 0.25) is 5.16 Å². The highest BCUT2D eigenvalue weighted by Gasteiger charge is 2.19. The average Bonchev–Trinajstić information content (AvgIpc) is 3.12. The van der Waals surface area contributed by atoms with E-state index >= 15 is 0 Å². The van der Waals surface area contributed by atoms with Crippen LogP contribution >= 0.6 is 11.8 Å². The summed E-state index contributed by atoms with van der Waals surface area (Å²) in [4.78, 5) is 17.1. The van der Waals surface area contributed by atoms with Crippen molar-refractivity contribution < 1.29 is 9.53 Å². The number of hydrogen-bond acceptors (Lipinski definition) is 5. The molecule has 0 aliphatic heterocycles. The van der Waals surface area contributed by atoms with Crippen LogP contribution in [0.1, 0.15) is 28.4 Å². The Hall–Kier alpha value is -2.60. The van der Waals surface area contributed by atoms with Crippen LogP contribution in [-0.4, -0.2) is 33.3 Å². The SMILES string of the molecule is COc1ccc(-c2nc(S[C@@H](C)C(=O)c3ccc(C)c(C)c3)n[nH]2)cc1. The lowest BCUT2D eigenvalue weighted by Crippen LogP contribution is -2.14. The van der Waals surface area contributed by atoms with Crippen molar-refractivity contribution in [2.75, 3.05) is 7.11 Å². The molecule has 26 heavy (non-hydrogen) atoms. The van der Waals surface area contributed by atoms with E-state index < -0.39 is 0 Å². The molecule has 1 heterocycles. The molecule has 0 unspecified atom stereocenters. The first-order valence-corrected chi connectivity index (χ1v) is 9.21. The van der Waals surface area contributed by atoms with Crippen molar-refractivity contribution in [2.24, 2.45) is 0 Å². The van der Waals surface area contributed by atoms with Gasteiger partial charge in [0, 0.05) is 11.1 Å². The summed E-state index contributed by atoms with van der Waals surface area (Å²) >= 11 is 1.35. The van der Waals surface area contributed by atoms with Gasteiger partial charge in [0.25, 0.3) is 0 Å². The van der Waals surface area contributed by atoms with Crippen molar-refractivity contribution in [3.05, 3.63) is 59.2 Å². The summed E-state index contributed by atoms with van der Waals surface area (Å²) in [7, 11) is 1.63. The first-order chi connectivity index (χ1) is 12.5. The molecule has 3 rings (SSSR count). The topological polar surface area (TPSA) is 67.9 Å². The molecule has 0 bridgehead atoms. The van der Waals surface area contributed by atoms with Gasteiger partial charge in [-0.3, -0.25) is 9.89 Å². The Kier molecular flexibility index (Phi) is 5.42. The second-order valence-electron chi connectivity index (χ2n) is 6.12. The molecule has 1 N–H and O–H groups in total. The Morgan fingerprint density at radius 1 is 1.12 bits per heavy atom. The summed E-state index contributed by atoms with van der Waals surface area (Å²) in [6, 6.07) is 13.4. The number of carbonyl (C=O) groups is 1. The Bertz CT molecular complexity index is 919. The first kappa shape index (κ1) is 18.2. The molecule has 0 saturated carbocycles. The Balaban J connectivity index is 1.71. The number of Topliss-reactive ketones (excluding diaryl/α,β-unsaturated/α-hetero) is 1. The van der Waals surface area contributed by atoms with Gasteiger partial charge < -0.3 is 4.74 Å². The van der Waals surface area contributed by atoms with Crippen molar-refractivity contribution in [1.29, 1.82) is 0 Å². The molecular formula is C20H21N3O2S. The van der Waals surface area contributed by atoms with E-state index in [1.807, 2.05) is 63.2 Å². The maximum Gasteiger partial charge on any atom is 0.209 e. The standard InChI is InChI=1S/C20H21N3O2S/c1-12-5-6-16(11-13(12)2)18(24)14(3)26-20-21-19(22-23-20)15-7-9-17(25-4)10-8-15/h5-11,14H,1-4H3,(H,21,22,23)/t14-/m0/s1. The average molecular weight is 367 g/mol. The normalized spacial score (nSPS) is 12.0. The Labute approximate surface area is 157 Å². The van der Waals surface area contributed by atoms with E-state index in [2.05, 4.69) is 15.2 Å². The molecule has 0 spiro atoms. The number of methoxy groups -OCH3 is 1. The lowest BCUT2D eigenvalue weighted by atomic mass is 10.0. The van der Waals surface area contributed by atoms with Crippen LogP contribution in [0.4, 0.5) is 0 Å². The number of carbonyl (C=O) groups excluding carboxylic acids is 1. The number of nitrogens with zero attached hydrogens (tertiary/aromatic N) is 2. The van der Waals surface area contributed by atoms with Crippen LogP contribution in [0.15, 0.2) is 47.6 Å². The van der Waals surface area contributed by atoms with E-state index in [0.29, 0.717) is 11.0 Å². The summed E-state index contributed by atoms with van der Waals surface area (Å²) in [5.41, 5.74) is 3.94. The van der Waals surface area contributed by atoms with Crippen LogP contribution in [0, 0.1) is 13.8 Å². The van der Waals surface area contributed by atoms with Crippen molar-refractivity contribution in [3.63, 3.8) is 0 Å². The van der Waals surface area contributed by atoms with E-state index in [1.165, 1.54) is 17.3 Å². The molecule has 134 valence electrons. The van der Waals surface area contributed by atoms with Crippen LogP contribution < -0.4 is 4.74 Å². The monoisotopic (exact) mass is 367 g/mol. The van der Waals surface area contributed by atoms with Crippen molar-refractivity contribution in [3.8, 4) is 17.1 Å². The molecule has 0 aliphatic carbocycles. The number of aromatic amines is 1. The van der Waals surface area contributed by atoms with Gasteiger partial charge in [-0.1, -0.05) is 23.9 Å². The van der Waals surface area contributed by atoms with Crippen molar-refractivity contribution in [1.82, 2.24) is 15.2 Å². The zero-order chi connectivity index (χ0) is 18.7. The highest BCUT2D eigenvalue weighted by Crippen LogP contribution is 2.26. The fourth-order valence-corrected chi connectivity index (χ4v) is 3.32. The molecule has 0 aliphatic rings. The van der Waals surface area contributed by atoms with Gasteiger partial charge in [-0.2, -0.15) is 0 Å². The van der Waals surface area contributed by atoms with Gasteiger partial charge in [0.15, 0.2) is 11.6 Å². The van der Waals surface area contributed by atoms with E-state index in [1.54, 1.807) is 7.11 Å². The summed E-state index contributed by atoms with van der Waals surface area (Å²) in [5, 5.41) is 7.44. The van der Waals surface area contributed by atoms with Crippen LogP contribution in [-0.2, 0) is 0 Å². The predicted octanol–water partition coefficient (Wildman–Crippen LogP) is 4.46. The first-order valence-electron chi connectivity index (χ1n) is 8.33. The van der Waals surface area contributed by atoms with E-state index in [-0.39, 0.29) is 11.0 Å². The third-order valence-electron chi connectivity index (χ3n) is 4.27. The number of nitrogens with one attached hydrogen (secondary N) is 1. The maximum absolute atomic E-state index is 12.7. The van der Waals surface area contributed by atoms with E-state index in [4.69, 9.17) is 4.74 Å². The molecular weight excluding hydrogens is 346 g/mol. The van der Waals surface area contributed by atoms with Crippen molar-refractivity contribution in [2.45, 2.75) is 31.2 Å². The van der Waals surface area contributed by atoms with E-state index in [0.717, 1.165) is 22.4 Å². The maximum atomic E-state index is 12.7. The van der Waals surface area contributed by atoms with Crippen molar-refractivity contribution >= 4 is 17.5 Å². The highest BCUT2D eigenvalue weighted by atomic mass is 32.2. The number of ether oxygens (including phenoxy) is 1. The minimum atomic E-state index is -0.267. The van der Waals surface area contributed by atoms with Crippen LogP contribution in [0.2, 0.25) is 0 Å². The number of hydrogen-bond donors (Lipinski definition) is 1. The van der Waals surface area contributed by atoms with Crippen LogP contribution in [0.3, 0.4) is 0 Å². The number of aryl methyl sites for hydroxylation is 2. The van der Waals surface area contributed by atoms with Gasteiger partial charge in [-0.25, -0.2) is 4.98 Å². The summed E-state index contributed by atoms with van der Waals surface area (Å²) < 4.78 is 5.16. The quantitative estimate of drug-likeness (QED) is 0.514. The second kappa shape index (κ2) is 7.74. The minimum absolute atomic E-state index is 0.0777. The largest absolute Gasteiger partial charge is 0.497 e. The molecule has 1 aromatic heterocycles. The van der Waals surface area contributed by atoms with E-state index in [9.17, 15) is 4.79 Å². The van der Waals surface area contributed by atoms with Gasteiger partial charge in [-0.15, -0.1) is 5.10 Å². The summed E-state index contributed by atoms with van der Waals surface area (Å²) in [6.07, 6.45) is 0. The fourth-order valence-electron chi connectivity index (χ4n) is 2.52. The smallest absolute Gasteiger partial charge is 0.209 e. The molecule has 5 nitrogen and oxygen atoms in total. The zero-order valence-electron chi connectivity index (χ0n) is 15.2. The molecule has 0 fully saturated rings. The van der Waals surface area contributed by atoms with Gasteiger partial charge in [0.1, 0.15) is 5.75 Å². The molecule has 0 amide bonds. The lowest BCUT2D eigenvalue weighted by molar-refractivity contribution is 0.0994. The van der Waals surface area contributed by atoms with Gasteiger partial charge >= 0.3 is 0 Å². The van der Waals surface area contributed by atoms with Crippen LogP contribution in [0.25, 0.3) is 11.4 Å². The zero-order valence-corrected chi connectivity index (χ0v) is 16.1. The molecule has 0 saturated heterocycles. The number of rotatable bonds is 6. The molecule has 6 heteroatoms. The highest BCUT2D eigenvalue weighted by molar-refractivity contribution is 8.00. The molecule has 0 radical (unpaired) electrons. The third-order valence-corrected chi connectivity index (χ3v) is 5.23. The van der Waals surface area contributed by atoms with Gasteiger partial charge in [0.05, 0.1) is 12.4 Å². The van der Waals surface area contributed by atoms with Crippen LogP contribution in [0.5, 0.6) is 5.75 Å². The number of thioether (sulfide) groups is 1. The Morgan fingerprint density at radius 3 is 2.50 bits per heavy atom. The number of H-pyrrole nitrogens is 1. The third kappa shape index (κ3) is 3.96. The number of aromatic nitrogens is 3. The predicted molar refractivity (Wildman–Crippen MR) is 104 cm³/mol. The minimum Gasteiger partial charge on any atom is -0.497 e. The molecule has 1 atom stereocenters. The Morgan fingerprint density at radius 2 is 1.85 bits per heavy atom. The summed E-state index contributed by atoms with van der Waals surface area (Å²) in [5.74, 6) is 1.53. The number of ketones is 1. The summed E-state index contributed by atoms with van der Waals surface area (Å²) in [6.45, 7) is 5.93. The molecule has 2 aromatic carbocycles. The second-order valence-corrected chi connectivity index (χ2v) is 7.43. The fraction of sp³-hybridized carbons (Fsp3) is 0.250. The van der Waals surface area contributed by atoms with Gasteiger partial charge in [-0.05, 0) is 62.2 Å². The number of benzene rings is 2. The molecule has 3 aromatic rings.